The Morgan fingerprint density at radius 1 is 1.03 bits per heavy atom. The maximum atomic E-state index is 12.4. The van der Waals surface area contributed by atoms with Crippen LogP contribution in [0.5, 0.6) is 0 Å². The highest BCUT2D eigenvalue weighted by Gasteiger charge is 2.16. The number of nitrogens with zero attached hydrogens (tertiary/aromatic N) is 2. The molecule has 0 bridgehead atoms. The molecule has 0 atom stereocenters. The number of nitrogens with one attached hydrogen (secondary N) is 2. The van der Waals surface area contributed by atoms with Gasteiger partial charge in [0.25, 0.3) is 0 Å². The molecule has 152 valence electrons. The fourth-order valence-electron chi connectivity index (χ4n) is 3.59. The third kappa shape index (κ3) is 4.19. The lowest BCUT2D eigenvalue weighted by Gasteiger charge is -2.11. The number of aromatic nitrogens is 2. The Hall–Kier alpha value is -3.25. The predicted octanol–water partition coefficient (Wildman–Crippen LogP) is 5.72. The van der Waals surface area contributed by atoms with Crippen molar-refractivity contribution in [3.05, 3.63) is 70.9 Å². The molecule has 2 N–H and O–H groups in total. The second kappa shape index (κ2) is 8.63. The number of benzene rings is 2. The number of fused-ring (bicyclic) bond motifs is 1. The predicted molar refractivity (Wildman–Crippen MR) is 125 cm³/mol. The van der Waals surface area contributed by atoms with Crippen molar-refractivity contribution in [2.24, 2.45) is 0 Å². The van der Waals surface area contributed by atoms with Crippen molar-refractivity contribution >= 4 is 39.0 Å². The molecular formula is C24H24N4OS. The van der Waals surface area contributed by atoms with Gasteiger partial charge in [0.05, 0.1) is 5.39 Å². The fourth-order valence-corrected chi connectivity index (χ4v) is 4.60. The SMILES string of the molecule is Cc1ccc(NC(=O)CCNc2ncnc3sc(C)c(-c4ccccc4)c23)c(C)c1. The smallest absolute Gasteiger partial charge is 0.226 e. The summed E-state index contributed by atoms with van der Waals surface area (Å²) in [5, 5.41) is 7.35. The lowest BCUT2D eigenvalue weighted by atomic mass is 10.0. The number of hydrogen-bond acceptors (Lipinski definition) is 5. The van der Waals surface area contributed by atoms with Gasteiger partial charge in [-0.3, -0.25) is 4.79 Å². The molecular weight excluding hydrogens is 392 g/mol. The number of amides is 1. The van der Waals surface area contributed by atoms with Crippen molar-refractivity contribution in [3.63, 3.8) is 0 Å². The third-order valence-corrected chi connectivity index (χ3v) is 6.04. The molecule has 1 amide bonds. The number of anilines is 2. The van der Waals surface area contributed by atoms with E-state index in [1.807, 2.05) is 44.2 Å². The Kier molecular flexibility index (Phi) is 5.77. The van der Waals surface area contributed by atoms with Gasteiger partial charge >= 0.3 is 0 Å². The van der Waals surface area contributed by atoms with Gasteiger partial charge in [-0.2, -0.15) is 0 Å². The molecule has 0 aliphatic rings. The minimum atomic E-state index is -0.0236. The van der Waals surface area contributed by atoms with Gasteiger partial charge in [-0.05, 0) is 38.0 Å². The molecule has 2 aromatic carbocycles. The topological polar surface area (TPSA) is 66.9 Å². The first-order valence-corrected chi connectivity index (χ1v) is 10.7. The second-order valence-electron chi connectivity index (χ2n) is 7.35. The highest BCUT2D eigenvalue weighted by Crippen LogP contribution is 2.40. The van der Waals surface area contributed by atoms with Gasteiger partial charge in [0.2, 0.25) is 5.91 Å². The highest BCUT2D eigenvalue weighted by atomic mass is 32.1. The van der Waals surface area contributed by atoms with Gasteiger partial charge in [-0.15, -0.1) is 11.3 Å². The maximum Gasteiger partial charge on any atom is 0.226 e. The lowest BCUT2D eigenvalue weighted by Crippen LogP contribution is -2.17. The van der Waals surface area contributed by atoms with E-state index in [9.17, 15) is 4.79 Å². The molecule has 30 heavy (non-hydrogen) atoms. The molecule has 0 saturated heterocycles. The second-order valence-corrected chi connectivity index (χ2v) is 8.55. The quantitative estimate of drug-likeness (QED) is 0.422. The summed E-state index contributed by atoms with van der Waals surface area (Å²) in [7, 11) is 0. The first kappa shape index (κ1) is 20.0. The molecule has 2 heterocycles. The zero-order valence-electron chi connectivity index (χ0n) is 17.3. The normalized spacial score (nSPS) is 10.9. The molecule has 2 aromatic heterocycles. The molecule has 0 aliphatic heterocycles. The Bertz CT molecular complexity index is 1200. The summed E-state index contributed by atoms with van der Waals surface area (Å²) in [6.07, 6.45) is 1.92. The van der Waals surface area contributed by atoms with E-state index in [1.54, 1.807) is 17.7 Å². The Balaban J connectivity index is 1.50. The van der Waals surface area contributed by atoms with Crippen LogP contribution in [0.25, 0.3) is 21.3 Å². The molecule has 4 aromatic rings. The van der Waals surface area contributed by atoms with Crippen LogP contribution >= 0.6 is 11.3 Å². The van der Waals surface area contributed by atoms with E-state index in [0.29, 0.717) is 13.0 Å². The maximum absolute atomic E-state index is 12.4. The standard InChI is InChI=1S/C24H24N4OS/c1-15-9-10-19(16(2)13-15)28-20(29)11-12-25-23-22-21(18-7-5-4-6-8-18)17(3)30-24(22)27-14-26-23/h4-10,13-14H,11-12H2,1-3H3,(H,28,29)(H,25,26,27). The van der Waals surface area contributed by atoms with E-state index in [0.717, 1.165) is 38.4 Å². The summed E-state index contributed by atoms with van der Waals surface area (Å²) in [6, 6.07) is 16.3. The molecule has 4 rings (SSSR count). The van der Waals surface area contributed by atoms with Crippen LogP contribution in [-0.4, -0.2) is 22.4 Å². The van der Waals surface area contributed by atoms with Gasteiger partial charge in [0.1, 0.15) is 17.0 Å². The number of rotatable bonds is 6. The van der Waals surface area contributed by atoms with Gasteiger partial charge in [-0.25, -0.2) is 9.97 Å². The Morgan fingerprint density at radius 2 is 1.83 bits per heavy atom. The molecule has 0 spiro atoms. The van der Waals surface area contributed by atoms with Crippen molar-refractivity contribution in [2.45, 2.75) is 27.2 Å². The molecule has 6 heteroatoms. The Labute approximate surface area is 180 Å². The van der Waals surface area contributed by atoms with Crippen molar-refractivity contribution in [3.8, 4) is 11.1 Å². The van der Waals surface area contributed by atoms with Crippen LogP contribution in [0, 0.1) is 20.8 Å². The number of thiophene rings is 1. The van der Waals surface area contributed by atoms with Gasteiger partial charge < -0.3 is 10.6 Å². The molecule has 0 aliphatic carbocycles. The minimum Gasteiger partial charge on any atom is -0.369 e. The average molecular weight is 417 g/mol. The van der Waals surface area contributed by atoms with Gasteiger partial charge in [0, 0.05) is 29.1 Å². The largest absolute Gasteiger partial charge is 0.369 e. The summed E-state index contributed by atoms with van der Waals surface area (Å²) in [5.74, 6) is 0.743. The van der Waals surface area contributed by atoms with Crippen LogP contribution in [-0.2, 0) is 4.79 Å². The molecule has 0 saturated carbocycles. The van der Waals surface area contributed by atoms with Crippen LogP contribution < -0.4 is 10.6 Å². The van der Waals surface area contributed by atoms with Crippen LogP contribution in [0.4, 0.5) is 11.5 Å². The van der Waals surface area contributed by atoms with Crippen LogP contribution in [0.3, 0.4) is 0 Å². The van der Waals surface area contributed by atoms with E-state index in [4.69, 9.17) is 0 Å². The van der Waals surface area contributed by atoms with Crippen LogP contribution in [0.2, 0.25) is 0 Å². The minimum absolute atomic E-state index is 0.0236. The number of aryl methyl sites for hydroxylation is 3. The summed E-state index contributed by atoms with van der Waals surface area (Å²) in [5.41, 5.74) is 5.40. The third-order valence-electron chi connectivity index (χ3n) is 5.03. The molecule has 0 unspecified atom stereocenters. The van der Waals surface area contributed by atoms with E-state index >= 15 is 0 Å². The monoisotopic (exact) mass is 416 g/mol. The van der Waals surface area contributed by atoms with Crippen molar-refractivity contribution in [2.75, 3.05) is 17.2 Å². The zero-order valence-corrected chi connectivity index (χ0v) is 18.1. The summed E-state index contributed by atoms with van der Waals surface area (Å²) < 4.78 is 0. The number of hydrogen-bond donors (Lipinski definition) is 2. The van der Waals surface area contributed by atoms with Crippen molar-refractivity contribution < 1.29 is 4.79 Å². The molecule has 0 radical (unpaired) electrons. The van der Waals surface area contributed by atoms with E-state index in [1.165, 1.54) is 10.4 Å². The highest BCUT2D eigenvalue weighted by molar-refractivity contribution is 7.19. The number of carbonyl (C=O) groups excluding carboxylic acids is 1. The van der Waals surface area contributed by atoms with Gasteiger partial charge in [-0.1, -0.05) is 48.0 Å². The first-order chi connectivity index (χ1) is 14.5. The van der Waals surface area contributed by atoms with Crippen LogP contribution in [0.1, 0.15) is 22.4 Å². The van der Waals surface area contributed by atoms with Crippen molar-refractivity contribution in [1.82, 2.24) is 9.97 Å². The lowest BCUT2D eigenvalue weighted by molar-refractivity contribution is -0.115. The summed E-state index contributed by atoms with van der Waals surface area (Å²) in [4.78, 5) is 23.5. The first-order valence-electron chi connectivity index (χ1n) is 9.93. The van der Waals surface area contributed by atoms with E-state index in [-0.39, 0.29) is 5.91 Å². The molecule has 0 fully saturated rings. The van der Waals surface area contributed by atoms with Crippen LogP contribution in [0.15, 0.2) is 54.9 Å². The summed E-state index contributed by atoms with van der Waals surface area (Å²) >= 11 is 1.66. The van der Waals surface area contributed by atoms with Gasteiger partial charge in [0.15, 0.2) is 0 Å². The molecule has 5 nitrogen and oxygen atoms in total. The zero-order chi connectivity index (χ0) is 21.1. The number of carbonyl (C=O) groups is 1. The average Bonchev–Trinajstić information content (AvgIpc) is 3.07. The van der Waals surface area contributed by atoms with E-state index < -0.39 is 0 Å². The van der Waals surface area contributed by atoms with Crippen molar-refractivity contribution in [1.29, 1.82) is 0 Å². The summed E-state index contributed by atoms with van der Waals surface area (Å²) in [6.45, 7) is 6.64. The van der Waals surface area contributed by atoms with E-state index in [2.05, 4.69) is 45.7 Å². The fraction of sp³-hybridized carbons (Fsp3) is 0.208. The Morgan fingerprint density at radius 3 is 2.60 bits per heavy atom.